The van der Waals surface area contributed by atoms with Crippen LogP contribution >= 0.6 is 35.0 Å². The number of rotatable bonds is 4. The van der Waals surface area contributed by atoms with Crippen LogP contribution in [0.4, 0.5) is 5.69 Å². The lowest BCUT2D eigenvalue weighted by atomic mass is 10.1. The predicted molar refractivity (Wildman–Crippen MR) is 110 cm³/mol. The lowest BCUT2D eigenvalue weighted by Gasteiger charge is -2.32. The average Bonchev–Trinajstić information content (AvgIpc) is 3.50. The van der Waals surface area contributed by atoms with E-state index in [1.165, 1.54) is 12.8 Å². The smallest absolute Gasteiger partial charge is 0.292 e. The Morgan fingerprint density at radius 1 is 1.04 bits per heavy atom. The van der Waals surface area contributed by atoms with Crippen LogP contribution in [0.15, 0.2) is 46.2 Å². The lowest BCUT2D eigenvalue weighted by Crippen LogP contribution is -2.47. The van der Waals surface area contributed by atoms with Gasteiger partial charge in [-0.05, 0) is 61.6 Å². The van der Waals surface area contributed by atoms with Crippen molar-refractivity contribution in [1.29, 1.82) is 0 Å². The van der Waals surface area contributed by atoms with E-state index in [2.05, 4.69) is 0 Å². The number of hydrogen-bond donors (Lipinski definition) is 0. The van der Waals surface area contributed by atoms with Crippen LogP contribution in [0.25, 0.3) is 0 Å². The van der Waals surface area contributed by atoms with Crippen molar-refractivity contribution in [2.75, 3.05) is 24.7 Å². The van der Waals surface area contributed by atoms with Crippen LogP contribution in [0.2, 0.25) is 10.0 Å². The van der Waals surface area contributed by atoms with Crippen molar-refractivity contribution in [3.8, 4) is 0 Å². The third-order valence-electron chi connectivity index (χ3n) is 5.30. The van der Waals surface area contributed by atoms with Gasteiger partial charge in [0.05, 0.1) is 28.9 Å². The van der Waals surface area contributed by atoms with Crippen LogP contribution < -0.4 is 4.90 Å². The van der Waals surface area contributed by atoms with Crippen molar-refractivity contribution in [2.45, 2.75) is 34.8 Å². The van der Waals surface area contributed by atoms with Gasteiger partial charge in [-0.15, -0.1) is 0 Å². The maximum atomic E-state index is 13.3. The highest BCUT2D eigenvalue weighted by Gasteiger charge is 2.55. The van der Waals surface area contributed by atoms with Gasteiger partial charge in [0.1, 0.15) is 0 Å². The number of hydrogen-bond acceptors (Lipinski definition) is 4. The molecule has 0 bridgehead atoms. The second kappa shape index (κ2) is 7.22. The molecule has 1 aliphatic carbocycles. The molecule has 3 aliphatic rings. The van der Waals surface area contributed by atoms with E-state index in [1.807, 2.05) is 35.2 Å². The minimum absolute atomic E-state index is 0.0919. The van der Waals surface area contributed by atoms with Gasteiger partial charge >= 0.3 is 0 Å². The number of amides is 1. The highest BCUT2D eigenvalue weighted by molar-refractivity contribution is 7.99. The molecule has 1 amide bonds. The van der Waals surface area contributed by atoms with E-state index >= 15 is 0 Å². The molecule has 28 heavy (non-hydrogen) atoms. The molecular weight excluding hydrogens is 417 g/mol. The molecular formula is C21H19Cl2NO3S. The Kier molecular flexibility index (Phi) is 4.84. The molecule has 0 atom stereocenters. The van der Waals surface area contributed by atoms with E-state index < -0.39 is 5.79 Å². The molecule has 1 saturated carbocycles. The quantitative estimate of drug-likeness (QED) is 0.635. The van der Waals surface area contributed by atoms with Crippen molar-refractivity contribution in [3.63, 3.8) is 0 Å². The summed E-state index contributed by atoms with van der Waals surface area (Å²) in [5.41, 5.74) is 1.71. The monoisotopic (exact) mass is 435 g/mol. The first kappa shape index (κ1) is 18.8. The first-order chi connectivity index (χ1) is 13.6. The summed E-state index contributed by atoms with van der Waals surface area (Å²) in [5, 5.41) is 1.05. The topological polar surface area (TPSA) is 38.8 Å². The highest BCUT2D eigenvalue weighted by atomic mass is 35.5. The molecule has 2 heterocycles. The van der Waals surface area contributed by atoms with Gasteiger partial charge in [0.2, 0.25) is 0 Å². The number of anilines is 1. The standard InChI is InChI=1S/C21H19Cl2NO3S/c22-17-6-4-15(11-18(17)23)28-14-5-7-19-16(10-14)21(26-8-1-9-27-21)20(25)24(19)12-13-2-3-13/h4-7,10-11,13H,1-3,8-9,12H2. The van der Waals surface area contributed by atoms with Crippen molar-refractivity contribution in [1.82, 2.24) is 0 Å². The van der Waals surface area contributed by atoms with E-state index in [-0.39, 0.29) is 5.91 Å². The van der Waals surface area contributed by atoms with Crippen molar-refractivity contribution in [3.05, 3.63) is 52.0 Å². The number of fused-ring (bicyclic) bond motifs is 2. The fourth-order valence-corrected chi connectivity index (χ4v) is 4.97. The van der Waals surface area contributed by atoms with Gasteiger partial charge in [-0.2, -0.15) is 0 Å². The third-order valence-corrected chi connectivity index (χ3v) is 7.02. The molecule has 0 unspecified atom stereocenters. The summed E-state index contributed by atoms with van der Waals surface area (Å²) in [6.07, 6.45) is 3.16. The zero-order valence-electron chi connectivity index (χ0n) is 15.1. The van der Waals surface area contributed by atoms with Gasteiger partial charge in [0.25, 0.3) is 11.7 Å². The summed E-state index contributed by atoms with van der Waals surface area (Å²) in [5.74, 6) is -0.803. The van der Waals surface area contributed by atoms with Gasteiger partial charge in [0.15, 0.2) is 0 Å². The SMILES string of the molecule is O=C1N(CC2CC2)c2ccc(Sc3ccc(Cl)c(Cl)c3)cc2C12OCCCO2. The molecule has 2 aromatic rings. The number of carbonyl (C=O) groups is 1. The fraction of sp³-hybridized carbons (Fsp3) is 0.381. The number of nitrogens with zero attached hydrogens (tertiary/aromatic N) is 1. The number of halogens is 2. The summed E-state index contributed by atoms with van der Waals surface area (Å²) in [6, 6.07) is 11.6. The average molecular weight is 436 g/mol. The largest absolute Gasteiger partial charge is 0.338 e. The molecule has 2 aliphatic heterocycles. The molecule has 7 heteroatoms. The Morgan fingerprint density at radius 2 is 1.75 bits per heavy atom. The van der Waals surface area contributed by atoms with E-state index in [4.69, 9.17) is 32.7 Å². The van der Waals surface area contributed by atoms with E-state index in [0.717, 1.165) is 34.0 Å². The Bertz CT molecular complexity index is 941. The second-order valence-corrected chi connectivity index (χ2v) is 9.34. The van der Waals surface area contributed by atoms with E-state index in [9.17, 15) is 4.79 Å². The van der Waals surface area contributed by atoms with E-state index in [0.29, 0.717) is 29.2 Å². The molecule has 2 aromatic carbocycles. The molecule has 0 aromatic heterocycles. The highest BCUT2D eigenvalue weighted by Crippen LogP contribution is 2.48. The van der Waals surface area contributed by atoms with Crippen molar-refractivity contribution in [2.24, 2.45) is 5.92 Å². The Morgan fingerprint density at radius 3 is 2.46 bits per heavy atom. The Labute approximate surface area is 178 Å². The minimum Gasteiger partial charge on any atom is -0.338 e. The normalized spacial score (nSPS) is 20.6. The maximum Gasteiger partial charge on any atom is 0.292 e. The van der Waals surface area contributed by atoms with Gasteiger partial charge in [0, 0.05) is 21.9 Å². The van der Waals surface area contributed by atoms with Crippen LogP contribution in [0.5, 0.6) is 0 Å². The Balaban J connectivity index is 1.51. The summed E-state index contributed by atoms with van der Waals surface area (Å²) in [6.45, 7) is 1.78. The molecule has 4 nitrogen and oxygen atoms in total. The molecule has 1 saturated heterocycles. The molecule has 2 fully saturated rings. The zero-order valence-corrected chi connectivity index (χ0v) is 17.4. The molecule has 0 radical (unpaired) electrons. The minimum atomic E-state index is -1.29. The zero-order chi connectivity index (χ0) is 19.3. The summed E-state index contributed by atoms with van der Waals surface area (Å²) in [4.78, 5) is 17.1. The summed E-state index contributed by atoms with van der Waals surface area (Å²) < 4.78 is 12.0. The maximum absolute atomic E-state index is 13.3. The summed E-state index contributed by atoms with van der Waals surface area (Å²) >= 11 is 13.7. The van der Waals surface area contributed by atoms with Gasteiger partial charge in [-0.1, -0.05) is 35.0 Å². The van der Waals surface area contributed by atoms with Crippen LogP contribution in [-0.2, 0) is 20.1 Å². The first-order valence-corrected chi connectivity index (χ1v) is 11.0. The van der Waals surface area contributed by atoms with Crippen molar-refractivity contribution < 1.29 is 14.3 Å². The van der Waals surface area contributed by atoms with Gasteiger partial charge < -0.3 is 14.4 Å². The number of ether oxygens (including phenoxy) is 2. The van der Waals surface area contributed by atoms with E-state index in [1.54, 1.807) is 17.8 Å². The molecule has 5 rings (SSSR count). The lowest BCUT2D eigenvalue weighted by molar-refractivity contribution is -0.256. The first-order valence-electron chi connectivity index (χ1n) is 9.44. The third kappa shape index (κ3) is 3.23. The number of benzene rings is 2. The molecule has 1 spiro atoms. The number of carbonyl (C=O) groups excluding carboxylic acids is 1. The van der Waals surface area contributed by atoms with Crippen LogP contribution in [0.3, 0.4) is 0 Å². The molecule has 146 valence electrons. The molecule has 0 N–H and O–H groups in total. The van der Waals surface area contributed by atoms with Gasteiger partial charge in [-0.3, -0.25) is 4.79 Å². The Hall–Kier alpha value is -1.24. The fourth-order valence-electron chi connectivity index (χ4n) is 3.71. The summed E-state index contributed by atoms with van der Waals surface area (Å²) in [7, 11) is 0. The van der Waals surface area contributed by atoms with Gasteiger partial charge in [-0.25, -0.2) is 0 Å². The van der Waals surface area contributed by atoms with Crippen LogP contribution in [0, 0.1) is 5.92 Å². The second-order valence-electron chi connectivity index (χ2n) is 7.38. The predicted octanol–water partition coefficient (Wildman–Crippen LogP) is 5.49. The van der Waals surface area contributed by atoms with Crippen molar-refractivity contribution >= 4 is 46.6 Å². The van der Waals surface area contributed by atoms with Crippen LogP contribution in [-0.4, -0.2) is 25.7 Å². The van der Waals surface area contributed by atoms with Crippen LogP contribution in [0.1, 0.15) is 24.8 Å².